The first-order chi connectivity index (χ1) is 11.5. The number of nitrogens with two attached hydrogens (primary N) is 1. The minimum Gasteiger partial charge on any atom is -0.439 e. The molecule has 1 aliphatic heterocycles. The summed E-state index contributed by atoms with van der Waals surface area (Å²) >= 11 is 12.2. The van der Waals surface area contributed by atoms with Crippen molar-refractivity contribution in [2.45, 2.75) is 12.3 Å². The molecule has 2 aromatic carbocycles. The highest BCUT2D eigenvalue weighted by Gasteiger charge is 2.32. The van der Waals surface area contributed by atoms with Crippen molar-refractivity contribution in [3.05, 3.63) is 75.1 Å². The van der Waals surface area contributed by atoms with Gasteiger partial charge in [0, 0.05) is 28.5 Å². The van der Waals surface area contributed by atoms with Crippen LogP contribution in [0.5, 0.6) is 5.75 Å². The number of hydrogen-bond donors (Lipinski definition) is 1. The summed E-state index contributed by atoms with van der Waals surface area (Å²) in [5.41, 5.74) is 7.20. The second-order valence-corrected chi connectivity index (χ2v) is 6.19. The number of fused-ring (bicyclic) bond motifs is 1. The minimum atomic E-state index is -0.553. The highest BCUT2D eigenvalue weighted by molar-refractivity contribution is 6.35. The van der Waals surface area contributed by atoms with Crippen molar-refractivity contribution >= 4 is 29.0 Å². The van der Waals surface area contributed by atoms with E-state index < -0.39 is 5.92 Å². The molecule has 3 rings (SSSR count). The molecule has 1 unspecified atom stereocenters. The van der Waals surface area contributed by atoms with E-state index in [1.807, 2.05) is 12.1 Å². The van der Waals surface area contributed by atoms with E-state index in [0.29, 0.717) is 21.9 Å². The number of rotatable bonds is 3. The molecule has 0 fully saturated rings. The molecule has 1 aliphatic rings. The summed E-state index contributed by atoms with van der Waals surface area (Å²) in [6.07, 6.45) is 0.0701. The third kappa shape index (κ3) is 2.96. The zero-order chi connectivity index (χ0) is 17.3. The van der Waals surface area contributed by atoms with Gasteiger partial charge in [-0.15, -0.1) is 0 Å². The van der Waals surface area contributed by atoms with Gasteiger partial charge in [0.25, 0.3) is 0 Å². The van der Waals surface area contributed by atoms with Crippen molar-refractivity contribution < 1.29 is 9.53 Å². The summed E-state index contributed by atoms with van der Waals surface area (Å²) in [7, 11) is 0. The standard InChI is InChI=1S/C18H12Cl2N2O2/c19-11-6-13-12(8-16(23)10-4-2-1-3-5-10)14(9-21)18(22)24-17(13)15(20)7-11/h1-7,12H,8,22H2. The fourth-order valence-corrected chi connectivity index (χ4v) is 3.26. The van der Waals surface area contributed by atoms with Gasteiger partial charge in [0.1, 0.15) is 6.07 Å². The Morgan fingerprint density at radius 1 is 1.25 bits per heavy atom. The summed E-state index contributed by atoms with van der Waals surface area (Å²) in [4.78, 5) is 12.6. The second kappa shape index (κ2) is 6.56. The number of allylic oxidation sites excluding steroid dienone is 1. The molecule has 0 spiro atoms. The molecule has 6 heteroatoms. The highest BCUT2D eigenvalue weighted by Crippen LogP contribution is 2.45. The van der Waals surface area contributed by atoms with Crippen molar-refractivity contribution in [3.8, 4) is 11.8 Å². The zero-order valence-electron chi connectivity index (χ0n) is 12.4. The fraction of sp³-hybridized carbons (Fsp3) is 0.111. The number of nitrogens with zero attached hydrogens (tertiary/aromatic N) is 1. The number of halogens is 2. The van der Waals surface area contributed by atoms with Crippen LogP contribution in [0.25, 0.3) is 0 Å². The van der Waals surface area contributed by atoms with Crippen LogP contribution in [-0.2, 0) is 0 Å². The Hall–Kier alpha value is -2.48. The Kier molecular flexibility index (Phi) is 4.48. The molecule has 4 nitrogen and oxygen atoms in total. The molecule has 24 heavy (non-hydrogen) atoms. The quantitative estimate of drug-likeness (QED) is 0.823. The number of ketones is 1. The van der Waals surface area contributed by atoms with Crippen LogP contribution in [0.1, 0.15) is 28.3 Å². The Morgan fingerprint density at radius 2 is 1.96 bits per heavy atom. The number of carbonyl (C=O) groups excluding carboxylic acids is 1. The van der Waals surface area contributed by atoms with E-state index in [1.165, 1.54) is 6.07 Å². The third-order valence-corrected chi connectivity index (χ3v) is 4.34. The van der Waals surface area contributed by atoms with Gasteiger partial charge in [-0.1, -0.05) is 53.5 Å². The first-order valence-corrected chi connectivity index (χ1v) is 7.91. The Morgan fingerprint density at radius 3 is 2.62 bits per heavy atom. The molecular weight excluding hydrogens is 347 g/mol. The molecule has 0 aliphatic carbocycles. The van der Waals surface area contributed by atoms with Crippen molar-refractivity contribution in [3.63, 3.8) is 0 Å². The number of hydrogen-bond acceptors (Lipinski definition) is 4. The Bertz CT molecular complexity index is 886. The van der Waals surface area contributed by atoms with Crippen molar-refractivity contribution in [2.24, 2.45) is 5.73 Å². The van der Waals surface area contributed by atoms with E-state index >= 15 is 0 Å². The number of nitriles is 1. The summed E-state index contributed by atoms with van der Waals surface area (Å²) in [6.45, 7) is 0. The first kappa shape index (κ1) is 16.4. The molecule has 0 amide bonds. The van der Waals surface area contributed by atoms with Gasteiger partial charge in [-0.05, 0) is 12.1 Å². The number of Topliss-reactive ketones (excluding diaryl/α,β-unsaturated/α-hetero) is 1. The molecule has 2 aromatic rings. The van der Waals surface area contributed by atoms with Crippen molar-refractivity contribution in [1.82, 2.24) is 0 Å². The van der Waals surface area contributed by atoms with Crippen LogP contribution in [0.4, 0.5) is 0 Å². The molecule has 0 radical (unpaired) electrons. The molecule has 0 bridgehead atoms. The average molecular weight is 359 g/mol. The van der Waals surface area contributed by atoms with Crippen LogP contribution >= 0.6 is 23.2 Å². The van der Waals surface area contributed by atoms with Gasteiger partial charge in [-0.25, -0.2) is 0 Å². The number of carbonyl (C=O) groups is 1. The van der Waals surface area contributed by atoms with Crippen LogP contribution in [0.15, 0.2) is 53.9 Å². The second-order valence-electron chi connectivity index (χ2n) is 5.34. The van der Waals surface area contributed by atoms with Gasteiger partial charge >= 0.3 is 0 Å². The summed E-state index contributed by atoms with van der Waals surface area (Å²) in [6, 6.07) is 14.1. The highest BCUT2D eigenvalue weighted by atomic mass is 35.5. The Labute approximate surface area is 149 Å². The van der Waals surface area contributed by atoms with Gasteiger partial charge in [-0.3, -0.25) is 4.79 Å². The summed E-state index contributed by atoms with van der Waals surface area (Å²) < 4.78 is 5.47. The first-order valence-electron chi connectivity index (χ1n) is 7.16. The van der Waals surface area contributed by atoms with Crippen LogP contribution in [0.2, 0.25) is 10.0 Å². The Balaban J connectivity index is 2.05. The lowest BCUT2D eigenvalue weighted by atomic mass is 9.84. The average Bonchev–Trinajstić information content (AvgIpc) is 2.57. The van der Waals surface area contributed by atoms with Gasteiger partial charge in [0.15, 0.2) is 11.5 Å². The molecular formula is C18H12Cl2N2O2. The predicted molar refractivity (Wildman–Crippen MR) is 92.0 cm³/mol. The lowest BCUT2D eigenvalue weighted by Gasteiger charge is -2.26. The van der Waals surface area contributed by atoms with E-state index in [9.17, 15) is 10.1 Å². The van der Waals surface area contributed by atoms with E-state index in [2.05, 4.69) is 0 Å². The molecule has 2 N–H and O–H groups in total. The van der Waals surface area contributed by atoms with Gasteiger partial charge < -0.3 is 10.5 Å². The summed E-state index contributed by atoms with van der Waals surface area (Å²) in [5.74, 6) is -0.365. The maximum atomic E-state index is 12.6. The molecule has 120 valence electrons. The molecule has 0 saturated heterocycles. The van der Waals surface area contributed by atoms with E-state index in [-0.39, 0.29) is 28.7 Å². The third-order valence-electron chi connectivity index (χ3n) is 3.84. The van der Waals surface area contributed by atoms with E-state index in [1.54, 1.807) is 30.3 Å². The molecule has 0 aromatic heterocycles. The van der Waals surface area contributed by atoms with Crippen LogP contribution < -0.4 is 10.5 Å². The number of ether oxygens (including phenoxy) is 1. The van der Waals surface area contributed by atoms with Crippen LogP contribution in [0.3, 0.4) is 0 Å². The van der Waals surface area contributed by atoms with Crippen molar-refractivity contribution in [1.29, 1.82) is 5.26 Å². The SMILES string of the molecule is N#CC1=C(N)Oc2c(Cl)cc(Cl)cc2C1CC(=O)c1ccccc1. The summed E-state index contributed by atoms with van der Waals surface area (Å²) in [5, 5.41) is 10.1. The van der Waals surface area contributed by atoms with E-state index in [4.69, 9.17) is 33.7 Å². The molecule has 1 atom stereocenters. The van der Waals surface area contributed by atoms with Crippen molar-refractivity contribution in [2.75, 3.05) is 0 Å². The van der Waals surface area contributed by atoms with Gasteiger partial charge in [-0.2, -0.15) is 5.26 Å². The normalized spacial score (nSPS) is 16.1. The topological polar surface area (TPSA) is 76.1 Å². The molecule has 1 heterocycles. The zero-order valence-corrected chi connectivity index (χ0v) is 13.9. The fourth-order valence-electron chi connectivity index (χ4n) is 2.71. The monoisotopic (exact) mass is 358 g/mol. The molecule has 0 saturated carbocycles. The van der Waals surface area contributed by atoms with E-state index in [0.717, 1.165) is 0 Å². The number of benzene rings is 2. The predicted octanol–water partition coefficient (Wildman–Crippen LogP) is 4.44. The van der Waals surface area contributed by atoms with Gasteiger partial charge in [0.2, 0.25) is 5.88 Å². The lowest BCUT2D eigenvalue weighted by molar-refractivity contribution is 0.0976. The largest absolute Gasteiger partial charge is 0.439 e. The lowest BCUT2D eigenvalue weighted by Crippen LogP contribution is -2.22. The van der Waals surface area contributed by atoms with Crippen LogP contribution in [-0.4, -0.2) is 5.78 Å². The minimum absolute atomic E-state index is 0.0416. The van der Waals surface area contributed by atoms with Crippen LogP contribution in [0, 0.1) is 11.3 Å². The maximum absolute atomic E-state index is 12.6. The van der Waals surface area contributed by atoms with Gasteiger partial charge in [0.05, 0.1) is 10.6 Å². The maximum Gasteiger partial charge on any atom is 0.205 e. The smallest absolute Gasteiger partial charge is 0.205 e.